The molecule has 1 saturated heterocycles. The number of benzene rings is 2. The second-order valence-electron chi connectivity index (χ2n) is 6.83. The van der Waals surface area contributed by atoms with Crippen LogP contribution in [-0.2, 0) is 14.8 Å². The molecule has 1 fully saturated rings. The number of carbonyl (C=O) groups is 1. The molecule has 0 aromatic heterocycles. The second-order valence-corrected chi connectivity index (χ2v) is 8.76. The number of sulfonamides is 1. The molecule has 1 aliphatic heterocycles. The van der Waals surface area contributed by atoms with Crippen LogP contribution in [0.25, 0.3) is 0 Å². The Morgan fingerprint density at radius 1 is 1.14 bits per heavy atom. The quantitative estimate of drug-likeness (QED) is 0.828. The Morgan fingerprint density at radius 2 is 1.79 bits per heavy atom. The van der Waals surface area contributed by atoms with E-state index < -0.39 is 15.8 Å². The monoisotopic (exact) mass is 406 g/mol. The Bertz CT molecular complexity index is 953. The van der Waals surface area contributed by atoms with Gasteiger partial charge < -0.3 is 10.1 Å². The summed E-state index contributed by atoms with van der Waals surface area (Å²) in [6.07, 6.45) is 0.767. The lowest BCUT2D eigenvalue weighted by atomic mass is 9.97. The standard InChI is InChI=1S/C20H23FN2O4S/c1-14-3-8-18(21)19(13-14)22-20(24)15-9-11-23(12-10-15)28(25,26)17-6-4-16(27-2)5-7-17/h3-8,13,15H,9-12H2,1-2H3,(H,22,24). The van der Waals surface area contributed by atoms with Crippen molar-refractivity contribution in [3.63, 3.8) is 0 Å². The van der Waals surface area contributed by atoms with E-state index in [0.29, 0.717) is 18.6 Å². The molecule has 3 rings (SSSR count). The van der Waals surface area contributed by atoms with E-state index in [2.05, 4.69) is 5.32 Å². The van der Waals surface area contributed by atoms with Gasteiger partial charge in [-0.15, -0.1) is 0 Å². The van der Waals surface area contributed by atoms with E-state index >= 15 is 0 Å². The summed E-state index contributed by atoms with van der Waals surface area (Å²) in [6, 6.07) is 10.7. The summed E-state index contributed by atoms with van der Waals surface area (Å²) < 4.78 is 45.8. The van der Waals surface area contributed by atoms with Gasteiger partial charge in [0, 0.05) is 19.0 Å². The first-order valence-corrected chi connectivity index (χ1v) is 10.5. The van der Waals surface area contributed by atoms with Crippen LogP contribution >= 0.6 is 0 Å². The van der Waals surface area contributed by atoms with Crippen LogP contribution < -0.4 is 10.1 Å². The number of aryl methyl sites for hydroxylation is 1. The van der Waals surface area contributed by atoms with Gasteiger partial charge in [0.2, 0.25) is 15.9 Å². The van der Waals surface area contributed by atoms with Gasteiger partial charge in [-0.1, -0.05) is 6.07 Å². The number of piperidine rings is 1. The van der Waals surface area contributed by atoms with E-state index in [-0.39, 0.29) is 35.5 Å². The predicted molar refractivity (Wildman–Crippen MR) is 104 cm³/mol. The number of anilines is 1. The average molecular weight is 406 g/mol. The van der Waals surface area contributed by atoms with Crippen molar-refractivity contribution in [2.24, 2.45) is 5.92 Å². The molecule has 0 saturated carbocycles. The first-order chi connectivity index (χ1) is 13.3. The number of carbonyl (C=O) groups excluding carboxylic acids is 1. The van der Waals surface area contributed by atoms with Gasteiger partial charge in [0.25, 0.3) is 0 Å². The van der Waals surface area contributed by atoms with Gasteiger partial charge in [-0.2, -0.15) is 4.31 Å². The normalized spacial score (nSPS) is 16.0. The maximum Gasteiger partial charge on any atom is 0.243 e. The number of nitrogens with one attached hydrogen (secondary N) is 1. The Morgan fingerprint density at radius 3 is 2.39 bits per heavy atom. The maximum atomic E-state index is 13.8. The number of rotatable bonds is 5. The molecular weight excluding hydrogens is 383 g/mol. The molecule has 2 aromatic carbocycles. The van der Waals surface area contributed by atoms with Crippen LogP contribution in [0.4, 0.5) is 10.1 Å². The van der Waals surface area contributed by atoms with Gasteiger partial charge >= 0.3 is 0 Å². The Labute approximate surface area is 164 Å². The number of methoxy groups -OCH3 is 1. The summed E-state index contributed by atoms with van der Waals surface area (Å²) in [4.78, 5) is 12.7. The van der Waals surface area contributed by atoms with Crippen LogP contribution in [0.5, 0.6) is 5.75 Å². The fraction of sp³-hybridized carbons (Fsp3) is 0.350. The molecule has 0 bridgehead atoms. The van der Waals surface area contributed by atoms with Gasteiger partial charge in [-0.05, 0) is 61.7 Å². The van der Waals surface area contributed by atoms with Crippen LogP contribution in [0, 0.1) is 18.7 Å². The van der Waals surface area contributed by atoms with Gasteiger partial charge in [0.05, 0.1) is 17.7 Å². The highest BCUT2D eigenvalue weighted by atomic mass is 32.2. The lowest BCUT2D eigenvalue weighted by molar-refractivity contribution is -0.120. The SMILES string of the molecule is COc1ccc(S(=O)(=O)N2CCC(C(=O)Nc3cc(C)ccc3F)CC2)cc1. The summed E-state index contributed by atoms with van der Waals surface area (Å²) in [5.74, 6) is -0.551. The van der Waals surface area contributed by atoms with Gasteiger partial charge in [0.1, 0.15) is 11.6 Å². The molecule has 0 spiro atoms. The molecule has 0 unspecified atom stereocenters. The highest BCUT2D eigenvalue weighted by molar-refractivity contribution is 7.89. The molecule has 0 atom stereocenters. The van der Waals surface area contributed by atoms with E-state index in [1.807, 2.05) is 6.92 Å². The third-order valence-electron chi connectivity index (χ3n) is 4.90. The van der Waals surface area contributed by atoms with Crippen molar-refractivity contribution in [2.45, 2.75) is 24.7 Å². The summed E-state index contributed by atoms with van der Waals surface area (Å²) in [5, 5.41) is 2.62. The molecule has 0 aliphatic carbocycles. The Kier molecular flexibility index (Phi) is 6.00. The topological polar surface area (TPSA) is 75.7 Å². The first-order valence-electron chi connectivity index (χ1n) is 9.02. The number of hydrogen-bond donors (Lipinski definition) is 1. The van der Waals surface area contributed by atoms with Crippen molar-refractivity contribution in [3.8, 4) is 5.75 Å². The number of hydrogen-bond acceptors (Lipinski definition) is 4. The highest BCUT2D eigenvalue weighted by Gasteiger charge is 2.32. The lowest BCUT2D eigenvalue weighted by Gasteiger charge is -2.30. The zero-order valence-electron chi connectivity index (χ0n) is 15.8. The zero-order chi connectivity index (χ0) is 20.3. The van der Waals surface area contributed by atoms with E-state index in [0.717, 1.165) is 5.56 Å². The summed E-state index contributed by atoms with van der Waals surface area (Å²) in [6.45, 7) is 2.29. The smallest absolute Gasteiger partial charge is 0.243 e. The molecule has 1 amide bonds. The molecule has 6 nitrogen and oxygen atoms in total. The van der Waals surface area contributed by atoms with Crippen molar-refractivity contribution in [3.05, 3.63) is 53.8 Å². The van der Waals surface area contributed by atoms with E-state index in [9.17, 15) is 17.6 Å². The summed E-state index contributed by atoms with van der Waals surface area (Å²) in [7, 11) is -2.11. The molecule has 1 aliphatic rings. The third kappa shape index (κ3) is 4.34. The lowest BCUT2D eigenvalue weighted by Crippen LogP contribution is -2.41. The Hall–Kier alpha value is -2.45. The van der Waals surface area contributed by atoms with Crippen LogP contribution in [0.2, 0.25) is 0 Å². The summed E-state index contributed by atoms with van der Waals surface area (Å²) in [5.41, 5.74) is 0.996. The molecule has 8 heteroatoms. The van der Waals surface area contributed by atoms with Crippen molar-refractivity contribution in [1.82, 2.24) is 4.31 Å². The summed E-state index contributed by atoms with van der Waals surface area (Å²) >= 11 is 0. The molecule has 1 heterocycles. The molecule has 2 aromatic rings. The molecule has 150 valence electrons. The fourth-order valence-electron chi connectivity index (χ4n) is 3.22. The van der Waals surface area contributed by atoms with Crippen LogP contribution in [0.3, 0.4) is 0 Å². The number of ether oxygens (including phenoxy) is 1. The minimum atomic E-state index is -3.62. The van der Waals surface area contributed by atoms with Gasteiger partial charge in [0.15, 0.2) is 0 Å². The van der Waals surface area contributed by atoms with Crippen molar-refractivity contribution in [1.29, 1.82) is 0 Å². The molecular formula is C20H23FN2O4S. The zero-order valence-corrected chi connectivity index (χ0v) is 16.6. The molecule has 0 radical (unpaired) electrons. The van der Waals surface area contributed by atoms with E-state index in [1.165, 1.54) is 29.6 Å². The maximum absolute atomic E-state index is 13.8. The van der Waals surface area contributed by atoms with Crippen molar-refractivity contribution >= 4 is 21.6 Å². The van der Waals surface area contributed by atoms with Crippen molar-refractivity contribution < 1.29 is 22.3 Å². The predicted octanol–water partition coefficient (Wildman–Crippen LogP) is 3.18. The van der Waals surface area contributed by atoms with Gasteiger partial charge in [-0.3, -0.25) is 4.79 Å². The number of amides is 1. The Balaban J connectivity index is 1.63. The van der Waals surface area contributed by atoms with Crippen LogP contribution in [0.1, 0.15) is 18.4 Å². The third-order valence-corrected chi connectivity index (χ3v) is 6.81. The highest BCUT2D eigenvalue weighted by Crippen LogP contribution is 2.26. The largest absolute Gasteiger partial charge is 0.497 e. The van der Waals surface area contributed by atoms with Gasteiger partial charge in [-0.25, -0.2) is 12.8 Å². The van der Waals surface area contributed by atoms with Crippen LogP contribution in [0.15, 0.2) is 47.4 Å². The average Bonchev–Trinajstić information content (AvgIpc) is 2.71. The second kappa shape index (κ2) is 8.28. The molecule has 1 N–H and O–H groups in total. The minimum Gasteiger partial charge on any atom is -0.497 e. The first kappa shape index (κ1) is 20.3. The minimum absolute atomic E-state index is 0.151. The fourth-order valence-corrected chi connectivity index (χ4v) is 4.69. The molecule has 28 heavy (non-hydrogen) atoms. The van der Waals surface area contributed by atoms with E-state index in [1.54, 1.807) is 24.3 Å². The number of nitrogens with zero attached hydrogens (tertiary/aromatic N) is 1. The number of halogens is 1. The van der Waals surface area contributed by atoms with Crippen molar-refractivity contribution in [2.75, 3.05) is 25.5 Å². The van der Waals surface area contributed by atoms with Crippen LogP contribution in [-0.4, -0.2) is 38.8 Å². The van der Waals surface area contributed by atoms with E-state index in [4.69, 9.17) is 4.74 Å².